The molecule has 0 heterocycles. The molecular formula is C11H15NO2. The predicted molar refractivity (Wildman–Crippen MR) is 54.6 cm³/mol. The Morgan fingerprint density at radius 2 is 2.36 bits per heavy atom. The molecule has 0 spiro atoms. The number of hydrogen-bond donors (Lipinski definition) is 2. The monoisotopic (exact) mass is 193 g/mol. The van der Waals surface area contributed by atoms with E-state index in [1.807, 2.05) is 6.07 Å². The third-order valence-corrected chi connectivity index (χ3v) is 2.86. The molecule has 0 bridgehead atoms. The van der Waals surface area contributed by atoms with Gasteiger partial charge in [0.15, 0.2) is 11.5 Å². The molecule has 0 aromatic heterocycles. The summed E-state index contributed by atoms with van der Waals surface area (Å²) in [7, 11) is 1.55. The standard InChI is InChI=1S/C11H15NO2/c1-14-11-3-2-7(5-10(11)13)9-4-8(9)6-12/h2-3,5,8-9,13H,4,6,12H2,1H3. The lowest BCUT2D eigenvalue weighted by atomic mass is 10.1. The zero-order valence-electron chi connectivity index (χ0n) is 8.23. The summed E-state index contributed by atoms with van der Waals surface area (Å²) in [6.07, 6.45) is 1.14. The van der Waals surface area contributed by atoms with E-state index in [0.717, 1.165) is 13.0 Å². The Kier molecular flexibility index (Phi) is 2.33. The lowest BCUT2D eigenvalue weighted by Gasteiger charge is -2.05. The average molecular weight is 193 g/mol. The number of benzene rings is 1. The Balaban J connectivity index is 2.17. The van der Waals surface area contributed by atoms with E-state index in [-0.39, 0.29) is 5.75 Å². The largest absolute Gasteiger partial charge is 0.504 e. The molecule has 2 unspecified atom stereocenters. The molecule has 3 N–H and O–H groups in total. The van der Waals surface area contributed by atoms with Crippen molar-refractivity contribution in [3.8, 4) is 11.5 Å². The SMILES string of the molecule is COc1ccc(C2CC2CN)cc1O. The summed E-state index contributed by atoms with van der Waals surface area (Å²) in [4.78, 5) is 0. The highest BCUT2D eigenvalue weighted by molar-refractivity contribution is 5.44. The van der Waals surface area contributed by atoms with Crippen LogP contribution in [0.5, 0.6) is 11.5 Å². The second kappa shape index (κ2) is 3.50. The highest BCUT2D eigenvalue weighted by Crippen LogP contribution is 2.48. The molecule has 3 heteroatoms. The van der Waals surface area contributed by atoms with Crippen LogP contribution < -0.4 is 10.5 Å². The van der Waals surface area contributed by atoms with Crippen molar-refractivity contribution in [1.29, 1.82) is 0 Å². The van der Waals surface area contributed by atoms with Crippen LogP contribution in [-0.4, -0.2) is 18.8 Å². The first-order valence-electron chi connectivity index (χ1n) is 4.83. The summed E-state index contributed by atoms with van der Waals surface area (Å²) < 4.78 is 4.98. The topological polar surface area (TPSA) is 55.5 Å². The van der Waals surface area contributed by atoms with Gasteiger partial charge in [-0.25, -0.2) is 0 Å². The number of rotatable bonds is 3. The van der Waals surface area contributed by atoms with Gasteiger partial charge in [-0.05, 0) is 42.5 Å². The molecule has 1 aliphatic carbocycles. The van der Waals surface area contributed by atoms with Gasteiger partial charge < -0.3 is 15.6 Å². The Morgan fingerprint density at radius 3 is 2.86 bits per heavy atom. The molecule has 0 radical (unpaired) electrons. The fourth-order valence-electron chi connectivity index (χ4n) is 1.85. The second-order valence-corrected chi connectivity index (χ2v) is 3.77. The van der Waals surface area contributed by atoms with Crippen LogP contribution in [0.15, 0.2) is 18.2 Å². The lowest BCUT2D eigenvalue weighted by molar-refractivity contribution is 0.373. The minimum Gasteiger partial charge on any atom is -0.504 e. The average Bonchev–Trinajstić information content (AvgIpc) is 2.96. The van der Waals surface area contributed by atoms with Gasteiger partial charge >= 0.3 is 0 Å². The summed E-state index contributed by atoms with van der Waals surface area (Å²) >= 11 is 0. The van der Waals surface area contributed by atoms with Crippen molar-refractivity contribution in [3.05, 3.63) is 23.8 Å². The van der Waals surface area contributed by atoms with Crippen LogP contribution in [-0.2, 0) is 0 Å². The molecule has 14 heavy (non-hydrogen) atoms. The Labute approximate surface area is 83.5 Å². The van der Waals surface area contributed by atoms with Crippen molar-refractivity contribution in [2.75, 3.05) is 13.7 Å². The van der Waals surface area contributed by atoms with E-state index in [1.54, 1.807) is 19.2 Å². The van der Waals surface area contributed by atoms with Gasteiger partial charge in [0, 0.05) is 0 Å². The van der Waals surface area contributed by atoms with Crippen molar-refractivity contribution in [2.45, 2.75) is 12.3 Å². The van der Waals surface area contributed by atoms with Gasteiger partial charge in [0.2, 0.25) is 0 Å². The summed E-state index contributed by atoms with van der Waals surface area (Å²) in [5, 5.41) is 9.57. The third-order valence-electron chi connectivity index (χ3n) is 2.86. The van der Waals surface area contributed by atoms with Gasteiger partial charge in [-0.3, -0.25) is 0 Å². The smallest absolute Gasteiger partial charge is 0.160 e. The van der Waals surface area contributed by atoms with E-state index < -0.39 is 0 Å². The maximum atomic E-state index is 9.57. The van der Waals surface area contributed by atoms with Gasteiger partial charge in [-0.15, -0.1) is 0 Å². The van der Waals surface area contributed by atoms with Crippen molar-refractivity contribution in [1.82, 2.24) is 0 Å². The van der Waals surface area contributed by atoms with E-state index in [9.17, 15) is 5.11 Å². The molecule has 2 rings (SSSR count). The van der Waals surface area contributed by atoms with Crippen LogP contribution >= 0.6 is 0 Å². The van der Waals surface area contributed by atoms with E-state index in [4.69, 9.17) is 10.5 Å². The van der Waals surface area contributed by atoms with E-state index in [2.05, 4.69) is 0 Å². The van der Waals surface area contributed by atoms with Crippen molar-refractivity contribution < 1.29 is 9.84 Å². The van der Waals surface area contributed by atoms with Crippen LogP contribution in [0, 0.1) is 5.92 Å². The Bertz CT molecular complexity index is 338. The second-order valence-electron chi connectivity index (χ2n) is 3.77. The number of methoxy groups -OCH3 is 1. The number of phenolic OH excluding ortho intramolecular Hbond substituents is 1. The molecule has 0 aliphatic heterocycles. The van der Waals surface area contributed by atoms with Gasteiger partial charge in [0.25, 0.3) is 0 Å². The van der Waals surface area contributed by atoms with Gasteiger partial charge in [0.1, 0.15) is 0 Å². The van der Waals surface area contributed by atoms with Crippen LogP contribution in [0.4, 0.5) is 0 Å². The molecule has 1 saturated carbocycles. The predicted octanol–water partition coefficient (Wildman–Crippen LogP) is 1.46. The first kappa shape index (κ1) is 9.34. The fraction of sp³-hybridized carbons (Fsp3) is 0.455. The highest BCUT2D eigenvalue weighted by atomic mass is 16.5. The van der Waals surface area contributed by atoms with Gasteiger partial charge in [-0.1, -0.05) is 6.07 Å². The van der Waals surface area contributed by atoms with Crippen LogP contribution in [0.1, 0.15) is 17.9 Å². The molecule has 1 aliphatic rings. The van der Waals surface area contributed by atoms with Crippen LogP contribution in [0.25, 0.3) is 0 Å². The normalized spacial score (nSPS) is 24.7. The molecule has 1 aromatic rings. The minimum absolute atomic E-state index is 0.215. The quantitative estimate of drug-likeness (QED) is 0.764. The molecule has 3 nitrogen and oxygen atoms in total. The lowest BCUT2D eigenvalue weighted by Crippen LogP contribution is -2.01. The third kappa shape index (κ3) is 1.55. The molecule has 1 fully saturated rings. The van der Waals surface area contributed by atoms with Gasteiger partial charge in [-0.2, -0.15) is 0 Å². The van der Waals surface area contributed by atoms with Crippen molar-refractivity contribution in [2.24, 2.45) is 11.7 Å². The summed E-state index contributed by atoms with van der Waals surface area (Å²) in [6.45, 7) is 0.734. The zero-order chi connectivity index (χ0) is 10.1. The van der Waals surface area contributed by atoms with Crippen LogP contribution in [0.3, 0.4) is 0 Å². The first-order valence-corrected chi connectivity index (χ1v) is 4.83. The number of aromatic hydroxyl groups is 1. The summed E-state index contributed by atoms with van der Waals surface area (Å²) in [5.74, 6) is 1.88. The van der Waals surface area contributed by atoms with Gasteiger partial charge in [0.05, 0.1) is 7.11 Å². The molecule has 0 saturated heterocycles. The number of ether oxygens (including phenoxy) is 1. The summed E-state index contributed by atoms with van der Waals surface area (Å²) in [5.41, 5.74) is 6.73. The van der Waals surface area contributed by atoms with E-state index in [0.29, 0.717) is 17.6 Å². The maximum absolute atomic E-state index is 9.57. The molecule has 76 valence electrons. The Morgan fingerprint density at radius 1 is 1.57 bits per heavy atom. The number of nitrogens with two attached hydrogens (primary N) is 1. The molecule has 0 amide bonds. The first-order chi connectivity index (χ1) is 6.76. The maximum Gasteiger partial charge on any atom is 0.160 e. The van der Waals surface area contributed by atoms with E-state index >= 15 is 0 Å². The highest BCUT2D eigenvalue weighted by Gasteiger charge is 2.37. The molecule has 1 aromatic carbocycles. The van der Waals surface area contributed by atoms with Crippen molar-refractivity contribution >= 4 is 0 Å². The molecule has 2 atom stereocenters. The number of hydrogen-bond acceptors (Lipinski definition) is 3. The van der Waals surface area contributed by atoms with Crippen LogP contribution in [0.2, 0.25) is 0 Å². The fourth-order valence-corrected chi connectivity index (χ4v) is 1.85. The van der Waals surface area contributed by atoms with E-state index in [1.165, 1.54) is 5.56 Å². The van der Waals surface area contributed by atoms with Crippen molar-refractivity contribution in [3.63, 3.8) is 0 Å². The zero-order valence-corrected chi connectivity index (χ0v) is 8.23. The minimum atomic E-state index is 0.215. The molecular weight excluding hydrogens is 178 g/mol. The summed E-state index contributed by atoms with van der Waals surface area (Å²) in [6, 6.07) is 5.58. The Hall–Kier alpha value is -1.22. The number of phenols is 1.